The van der Waals surface area contributed by atoms with E-state index in [2.05, 4.69) is 19.9 Å². The van der Waals surface area contributed by atoms with Crippen LogP contribution in [0.3, 0.4) is 0 Å². The zero-order chi connectivity index (χ0) is 13.3. The minimum absolute atomic E-state index is 0.00886. The largest absolute Gasteiger partial charge is 0.261 e. The molecule has 0 spiro atoms. The molecular weight excluding hydrogens is 264 g/mol. The van der Waals surface area contributed by atoms with E-state index in [-0.39, 0.29) is 11.1 Å². The van der Waals surface area contributed by atoms with Gasteiger partial charge in [0.2, 0.25) is 5.03 Å². The van der Waals surface area contributed by atoms with Gasteiger partial charge in [-0.1, -0.05) is 12.2 Å². The number of hydrogen-bond acceptors (Lipinski definition) is 4. The normalized spacial score (nSPS) is 19.9. The molecule has 0 saturated carbocycles. The van der Waals surface area contributed by atoms with Crippen molar-refractivity contribution >= 4 is 21.1 Å². The van der Waals surface area contributed by atoms with E-state index in [1.54, 1.807) is 18.3 Å². The number of nitrogens with one attached hydrogen (secondary N) is 2. The van der Waals surface area contributed by atoms with Crippen molar-refractivity contribution in [2.75, 3.05) is 0 Å². The van der Waals surface area contributed by atoms with Crippen LogP contribution in [-0.2, 0) is 10.0 Å². The fourth-order valence-corrected chi connectivity index (χ4v) is 3.53. The minimum Gasteiger partial charge on any atom is -0.259 e. The molecule has 2 aromatic rings. The fourth-order valence-electron chi connectivity index (χ4n) is 2.20. The second-order valence-corrected chi connectivity index (χ2v) is 6.14. The van der Waals surface area contributed by atoms with Gasteiger partial charge in [0.1, 0.15) is 0 Å². The number of nitrogens with zero attached hydrogens (tertiary/aromatic N) is 2. The van der Waals surface area contributed by atoms with Gasteiger partial charge in [0.05, 0.1) is 5.39 Å². The Bertz CT molecular complexity index is 720. The van der Waals surface area contributed by atoms with Crippen LogP contribution in [0.4, 0.5) is 0 Å². The van der Waals surface area contributed by atoms with E-state index >= 15 is 0 Å². The van der Waals surface area contributed by atoms with Gasteiger partial charge in [-0.2, -0.15) is 5.10 Å². The molecule has 0 unspecified atom stereocenters. The summed E-state index contributed by atoms with van der Waals surface area (Å²) in [7, 11) is -3.63. The Hall–Kier alpha value is -1.73. The van der Waals surface area contributed by atoms with Gasteiger partial charge in [-0.25, -0.2) is 18.1 Å². The Morgan fingerprint density at radius 2 is 2.32 bits per heavy atom. The Labute approximate surface area is 111 Å². The SMILES string of the molecule is O=S(=O)(N[C@H]1C=CCCC1)c1n[nH]c2ncccc12. The standard InChI is InChI=1S/C12H14N4O2S/c17-19(18,16-9-5-2-1-3-6-9)12-10-7-4-8-13-11(10)14-15-12/h2,4-5,7-9,16H,1,3,6H2,(H,13,14,15)/t9-/m0/s1. The van der Waals surface area contributed by atoms with Crippen LogP contribution < -0.4 is 4.72 Å². The number of aromatic nitrogens is 3. The van der Waals surface area contributed by atoms with Crippen molar-refractivity contribution in [2.24, 2.45) is 0 Å². The zero-order valence-electron chi connectivity index (χ0n) is 10.2. The Morgan fingerprint density at radius 3 is 3.11 bits per heavy atom. The van der Waals surface area contributed by atoms with Gasteiger partial charge >= 0.3 is 0 Å². The molecule has 2 heterocycles. The molecule has 1 aliphatic rings. The zero-order valence-corrected chi connectivity index (χ0v) is 11.0. The van der Waals surface area contributed by atoms with Crippen LogP contribution in [0.2, 0.25) is 0 Å². The Kier molecular flexibility index (Phi) is 3.08. The first-order valence-electron chi connectivity index (χ1n) is 6.15. The van der Waals surface area contributed by atoms with Crippen LogP contribution in [0.1, 0.15) is 19.3 Å². The molecule has 1 atom stereocenters. The number of sulfonamides is 1. The first kappa shape index (κ1) is 12.3. The predicted octanol–water partition coefficient (Wildman–Crippen LogP) is 1.34. The molecule has 0 aromatic carbocycles. The van der Waals surface area contributed by atoms with E-state index in [0.717, 1.165) is 19.3 Å². The molecule has 0 fully saturated rings. The number of H-pyrrole nitrogens is 1. The maximum Gasteiger partial charge on any atom is 0.261 e. The first-order valence-corrected chi connectivity index (χ1v) is 7.63. The third kappa shape index (κ3) is 2.39. The van der Waals surface area contributed by atoms with Crippen molar-refractivity contribution in [3.05, 3.63) is 30.5 Å². The highest BCUT2D eigenvalue weighted by molar-refractivity contribution is 7.89. The monoisotopic (exact) mass is 278 g/mol. The minimum atomic E-state index is -3.63. The van der Waals surface area contributed by atoms with E-state index in [4.69, 9.17) is 0 Å². The highest BCUT2D eigenvalue weighted by atomic mass is 32.2. The van der Waals surface area contributed by atoms with E-state index in [1.807, 2.05) is 12.2 Å². The first-order chi connectivity index (χ1) is 9.17. The van der Waals surface area contributed by atoms with Gasteiger partial charge in [-0.3, -0.25) is 5.10 Å². The summed E-state index contributed by atoms with van der Waals surface area (Å²) < 4.78 is 27.3. The van der Waals surface area contributed by atoms with Crippen LogP contribution in [0.25, 0.3) is 11.0 Å². The molecular formula is C12H14N4O2S. The second kappa shape index (κ2) is 4.75. The maximum atomic E-state index is 12.3. The van der Waals surface area contributed by atoms with Crippen LogP contribution in [-0.4, -0.2) is 29.6 Å². The van der Waals surface area contributed by atoms with E-state index in [1.165, 1.54) is 0 Å². The van der Waals surface area contributed by atoms with Crippen molar-refractivity contribution in [1.29, 1.82) is 0 Å². The molecule has 6 nitrogen and oxygen atoms in total. The summed E-state index contributed by atoms with van der Waals surface area (Å²) in [6, 6.07) is 3.23. The fraction of sp³-hybridized carbons (Fsp3) is 0.333. The van der Waals surface area contributed by atoms with Gasteiger partial charge in [0.25, 0.3) is 10.0 Å². The molecule has 0 bridgehead atoms. The highest BCUT2D eigenvalue weighted by Crippen LogP contribution is 2.19. The number of pyridine rings is 1. The Balaban J connectivity index is 1.95. The van der Waals surface area contributed by atoms with Crippen LogP contribution in [0.15, 0.2) is 35.5 Å². The smallest absolute Gasteiger partial charge is 0.259 e. The Morgan fingerprint density at radius 1 is 1.42 bits per heavy atom. The molecule has 0 saturated heterocycles. The summed E-state index contributed by atoms with van der Waals surface area (Å²) in [5.41, 5.74) is 0.474. The van der Waals surface area contributed by atoms with Crippen molar-refractivity contribution in [2.45, 2.75) is 30.3 Å². The number of hydrogen-bond donors (Lipinski definition) is 2. The van der Waals surface area contributed by atoms with Crippen LogP contribution >= 0.6 is 0 Å². The second-order valence-electron chi connectivity index (χ2n) is 4.52. The summed E-state index contributed by atoms with van der Waals surface area (Å²) in [5.74, 6) is 0. The van der Waals surface area contributed by atoms with Crippen molar-refractivity contribution in [3.8, 4) is 0 Å². The average Bonchev–Trinajstić information content (AvgIpc) is 2.84. The molecule has 7 heteroatoms. The molecule has 3 rings (SSSR count). The summed E-state index contributed by atoms with van der Waals surface area (Å²) in [6.45, 7) is 0. The number of allylic oxidation sites excluding steroid dienone is 1. The lowest BCUT2D eigenvalue weighted by molar-refractivity contribution is 0.546. The molecule has 1 aliphatic carbocycles. The summed E-state index contributed by atoms with van der Waals surface area (Å²) >= 11 is 0. The third-order valence-electron chi connectivity index (χ3n) is 3.12. The van der Waals surface area contributed by atoms with Crippen LogP contribution in [0, 0.1) is 0 Å². The molecule has 0 amide bonds. The molecule has 2 aromatic heterocycles. The number of rotatable bonds is 3. The summed E-state index contributed by atoms with van der Waals surface area (Å²) in [4.78, 5) is 4.04. The third-order valence-corrected chi connectivity index (χ3v) is 4.55. The number of aromatic amines is 1. The van der Waals surface area contributed by atoms with E-state index in [9.17, 15) is 8.42 Å². The maximum absolute atomic E-state index is 12.3. The van der Waals surface area contributed by atoms with Gasteiger partial charge in [-0.05, 0) is 31.4 Å². The summed E-state index contributed by atoms with van der Waals surface area (Å²) in [5, 5.41) is 7.02. The quantitative estimate of drug-likeness (QED) is 0.829. The van der Waals surface area contributed by atoms with Crippen molar-refractivity contribution in [3.63, 3.8) is 0 Å². The highest BCUT2D eigenvalue weighted by Gasteiger charge is 2.24. The van der Waals surface area contributed by atoms with Gasteiger partial charge < -0.3 is 0 Å². The molecule has 2 N–H and O–H groups in total. The van der Waals surface area contributed by atoms with Gasteiger partial charge in [0.15, 0.2) is 5.65 Å². The van der Waals surface area contributed by atoms with E-state index < -0.39 is 10.0 Å². The van der Waals surface area contributed by atoms with Gasteiger partial charge in [0, 0.05) is 12.2 Å². The van der Waals surface area contributed by atoms with Crippen molar-refractivity contribution in [1.82, 2.24) is 19.9 Å². The average molecular weight is 278 g/mol. The van der Waals surface area contributed by atoms with Crippen LogP contribution in [0.5, 0.6) is 0 Å². The van der Waals surface area contributed by atoms with Gasteiger partial charge in [-0.15, -0.1) is 0 Å². The molecule has 0 aliphatic heterocycles. The lowest BCUT2D eigenvalue weighted by Crippen LogP contribution is -2.34. The number of fused-ring (bicyclic) bond motifs is 1. The lowest BCUT2D eigenvalue weighted by Gasteiger charge is -2.17. The van der Waals surface area contributed by atoms with Crippen molar-refractivity contribution < 1.29 is 8.42 Å². The summed E-state index contributed by atoms with van der Waals surface area (Å²) in [6.07, 6.45) is 8.31. The predicted molar refractivity (Wildman–Crippen MR) is 71.0 cm³/mol. The molecule has 19 heavy (non-hydrogen) atoms. The molecule has 100 valence electrons. The topological polar surface area (TPSA) is 87.7 Å². The van der Waals surface area contributed by atoms with E-state index in [0.29, 0.717) is 11.0 Å². The lowest BCUT2D eigenvalue weighted by atomic mass is 10.0. The molecule has 0 radical (unpaired) electrons.